The van der Waals surface area contributed by atoms with Crippen LogP contribution in [0.15, 0.2) is 46.9 Å². The molecule has 1 fully saturated rings. The Kier molecular flexibility index (Phi) is 7.42. The van der Waals surface area contributed by atoms with Crippen molar-refractivity contribution in [2.45, 2.75) is 44.8 Å². The van der Waals surface area contributed by atoms with Crippen LogP contribution in [-0.4, -0.2) is 58.8 Å². The summed E-state index contributed by atoms with van der Waals surface area (Å²) in [6, 6.07) is 13.2. The van der Waals surface area contributed by atoms with Crippen molar-refractivity contribution in [1.82, 2.24) is 9.88 Å². The first kappa shape index (κ1) is 23.7. The van der Waals surface area contributed by atoms with Crippen molar-refractivity contribution in [2.75, 3.05) is 25.1 Å². The van der Waals surface area contributed by atoms with Crippen molar-refractivity contribution < 1.29 is 28.2 Å². The molecule has 2 heterocycles. The summed E-state index contributed by atoms with van der Waals surface area (Å²) < 4.78 is 25.4. The van der Waals surface area contributed by atoms with Gasteiger partial charge in [0.2, 0.25) is 5.91 Å². The predicted octanol–water partition coefficient (Wildman–Crippen LogP) is 4.24. The summed E-state index contributed by atoms with van der Waals surface area (Å²) in [7, 11) is 0. The van der Waals surface area contributed by atoms with Gasteiger partial charge in [-0.2, -0.15) is 4.98 Å². The van der Waals surface area contributed by atoms with Crippen LogP contribution in [-0.2, 0) is 20.7 Å². The fraction of sp³-hybridized carbons (Fsp3) is 0.400. The van der Waals surface area contributed by atoms with Gasteiger partial charge in [-0.3, -0.25) is 9.59 Å². The fourth-order valence-corrected chi connectivity index (χ4v) is 4.10. The molecule has 180 valence electrons. The van der Waals surface area contributed by atoms with Gasteiger partial charge in [0.15, 0.2) is 5.58 Å². The van der Waals surface area contributed by atoms with E-state index in [4.69, 9.17) is 14.3 Å². The maximum absolute atomic E-state index is 14.1. The van der Waals surface area contributed by atoms with Gasteiger partial charge in [-0.1, -0.05) is 24.3 Å². The Morgan fingerprint density at radius 1 is 1.29 bits per heavy atom. The van der Waals surface area contributed by atoms with E-state index >= 15 is 0 Å². The number of carboxylic acid groups (broad SMARTS) is 1. The van der Waals surface area contributed by atoms with Gasteiger partial charge in [-0.15, -0.1) is 0 Å². The summed E-state index contributed by atoms with van der Waals surface area (Å²) in [5, 5.41) is 11.9. The number of amides is 1. The molecule has 1 saturated heterocycles. The molecule has 8 nitrogen and oxygen atoms in total. The quantitative estimate of drug-likeness (QED) is 0.428. The van der Waals surface area contributed by atoms with E-state index in [2.05, 4.69) is 10.3 Å². The number of likely N-dealkylation sites (tertiary alicyclic amines) is 1. The van der Waals surface area contributed by atoms with Crippen molar-refractivity contribution in [3.05, 3.63) is 53.6 Å². The highest BCUT2D eigenvalue weighted by Gasteiger charge is 2.35. The van der Waals surface area contributed by atoms with Crippen molar-refractivity contribution >= 4 is 34.7 Å². The Morgan fingerprint density at radius 3 is 2.91 bits per heavy atom. The number of carbonyl (C=O) groups excluding carboxylic acids is 1. The summed E-state index contributed by atoms with van der Waals surface area (Å²) >= 11 is 0. The molecule has 2 unspecified atom stereocenters. The van der Waals surface area contributed by atoms with E-state index in [1.165, 1.54) is 4.90 Å². The molecule has 0 spiro atoms. The summed E-state index contributed by atoms with van der Waals surface area (Å²) in [4.78, 5) is 29.5. The van der Waals surface area contributed by atoms with E-state index in [0.717, 1.165) is 16.8 Å². The number of oxazole rings is 1. The van der Waals surface area contributed by atoms with Crippen LogP contribution in [0.2, 0.25) is 0 Å². The number of halogens is 1. The first-order chi connectivity index (χ1) is 16.4. The Hall–Kier alpha value is -3.46. The monoisotopic (exact) mass is 469 g/mol. The second kappa shape index (κ2) is 10.6. The van der Waals surface area contributed by atoms with E-state index in [9.17, 15) is 14.0 Å². The maximum Gasteiger partial charge on any atom is 0.303 e. The van der Waals surface area contributed by atoms with Gasteiger partial charge in [-0.05, 0) is 42.7 Å². The molecule has 1 aromatic heterocycles. The minimum atomic E-state index is -1.09. The number of aryl methyl sites for hydroxylation is 1. The number of hydrogen-bond donors (Lipinski definition) is 2. The molecule has 1 aliphatic heterocycles. The van der Waals surface area contributed by atoms with Gasteiger partial charge in [-0.25, -0.2) is 4.39 Å². The van der Waals surface area contributed by atoms with Crippen LogP contribution in [0.25, 0.3) is 11.1 Å². The van der Waals surface area contributed by atoms with Gasteiger partial charge in [0.1, 0.15) is 11.7 Å². The molecule has 34 heavy (non-hydrogen) atoms. The second-order valence-corrected chi connectivity index (χ2v) is 8.54. The first-order valence-corrected chi connectivity index (χ1v) is 11.3. The average molecular weight is 470 g/mol. The van der Waals surface area contributed by atoms with Gasteiger partial charge >= 0.3 is 5.97 Å². The normalized spacial score (nSPS) is 17.9. The molecule has 0 saturated carbocycles. The van der Waals surface area contributed by atoms with E-state index < -0.39 is 12.1 Å². The number of anilines is 2. The molecule has 1 aliphatic rings. The zero-order chi connectivity index (χ0) is 24.1. The van der Waals surface area contributed by atoms with Crippen LogP contribution in [0.4, 0.5) is 16.1 Å². The van der Waals surface area contributed by atoms with Gasteiger partial charge in [0, 0.05) is 25.1 Å². The molecule has 0 bridgehead atoms. The molecule has 0 aliphatic carbocycles. The number of carbonyl (C=O) groups is 2. The lowest BCUT2D eigenvalue weighted by molar-refractivity contribution is -0.137. The lowest BCUT2D eigenvalue weighted by Gasteiger charge is -2.24. The fourth-order valence-electron chi connectivity index (χ4n) is 4.10. The summed E-state index contributed by atoms with van der Waals surface area (Å²) in [6.07, 6.45) is -0.360. The van der Waals surface area contributed by atoms with Crippen LogP contribution in [0.3, 0.4) is 0 Å². The molecule has 3 aromatic rings. The highest BCUT2D eigenvalue weighted by atomic mass is 19.1. The molecule has 1 amide bonds. The zero-order valence-corrected chi connectivity index (χ0v) is 19.0. The van der Waals surface area contributed by atoms with E-state index in [-0.39, 0.29) is 51.0 Å². The van der Waals surface area contributed by atoms with Crippen LogP contribution >= 0.6 is 0 Å². The standard InChI is InChI=1S/C25H28FN3O5/c1-16-5-2-3-6-20(16)27-25-28-21-9-8-17(11-22(21)34-25)12-23(30)29-14-18(26)13-19(29)15-33-10-4-7-24(31)32/h2-3,5-6,8-9,11,18-19H,4,7,10,12-15H2,1H3,(H,27,28)(H,31,32). The number of carboxylic acids is 1. The summed E-state index contributed by atoms with van der Waals surface area (Å²) in [5.41, 5.74) is 3.94. The summed E-state index contributed by atoms with van der Waals surface area (Å²) in [5.74, 6) is -1.07. The van der Waals surface area contributed by atoms with Crippen molar-refractivity contribution in [3.8, 4) is 0 Å². The van der Waals surface area contributed by atoms with Crippen LogP contribution in [0, 0.1) is 6.92 Å². The van der Waals surface area contributed by atoms with Crippen LogP contribution in [0.5, 0.6) is 0 Å². The van der Waals surface area contributed by atoms with Crippen molar-refractivity contribution in [1.29, 1.82) is 0 Å². The zero-order valence-electron chi connectivity index (χ0n) is 19.0. The molecule has 9 heteroatoms. The Bertz CT molecular complexity index is 1160. The second-order valence-electron chi connectivity index (χ2n) is 8.54. The smallest absolute Gasteiger partial charge is 0.303 e. The number of rotatable bonds is 10. The highest BCUT2D eigenvalue weighted by molar-refractivity contribution is 5.82. The third-order valence-electron chi connectivity index (χ3n) is 5.87. The number of hydrogen-bond acceptors (Lipinski definition) is 6. The Labute approximate surface area is 196 Å². The maximum atomic E-state index is 14.1. The number of aliphatic carboxylic acids is 1. The highest BCUT2D eigenvalue weighted by Crippen LogP contribution is 2.26. The molecule has 2 atom stereocenters. The topological polar surface area (TPSA) is 105 Å². The summed E-state index contributed by atoms with van der Waals surface area (Å²) in [6.45, 7) is 2.49. The average Bonchev–Trinajstić information content (AvgIpc) is 3.37. The van der Waals surface area contributed by atoms with Crippen LogP contribution in [0.1, 0.15) is 30.4 Å². The Balaban J connectivity index is 1.37. The molecule has 4 rings (SSSR count). The number of nitrogens with zero attached hydrogens (tertiary/aromatic N) is 2. The number of para-hydroxylation sites is 1. The first-order valence-electron chi connectivity index (χ1n) is 11.3. The van der Waals surface area contributed by atoms with E-state index in [1.54, 1.807) is 12.1 Å². The van der Waals surface area contributed by atoms with Gasteiger partial charge in [0.25, 0.3) is 6.01 Å². The number of ether oxygens (including phenoxy) is 1. The molecule has 2 N–H and O–H groups in total. The number of aromatic nitrogens is 1. The van der Waals surface area contributed by atoms with E-state index in [1.807, 2.05) is 37.3 Å². The number of benzene rings is 2. The van der Waals surface area contributed by atoms with Crippen molar-refractivity contribution in [2.24, 2.45) is 0 Å². The van der Waals surface area contributed by atoms with Crippen molar-refractivity contribution in [3.63, 3.8) is 0 Å². The Morgan fingerprint density at radius 2 is 2.12 bits per heavy atom. The van der Waals surface area contributed by atoms with Gasteiger partial charge in [0.05, 0.1) is 25.6 Å². The van der Waals surface area contributed by atoms with E-state index in [0.29, 0.717) is 23.5 Å². The van der Waals surface area contributed by atoms with Gasteiger partial charge < -0.3 is 24.5 Å². The number of fused-ring (bicyclic) bond motifs is 1. The third kappa shape index (κ3) is 5.91. The minimum absolute atomic E-state index is 0.0192. The molecular formula is C25H28FN3O5. The largest absolute Gasteiger partial charge is 0.481 e. The SMILES string of the molecule is Cc1ccccc1Nc1nc2ccc(CC(=O)N3CC(F)CC3COCCCC(=O)O)cc2o1. The lowest BCUT2D eigenvalue weighted by Crippen LogP contribution is -2.39. The number of alkyl halides is 1. The third-order valence-corrected chi connectivity index (χ3v) is 5.87. The molecule has 0 radical (unpaired) electrons. The molecular weight excluding hydrogens is 441 g/mol. The number of nitrogens with one attached hydrogen (secondary N) is 1. The van der Waals surface area contributed by atoms with Crippen LogP contribution < -0.4 is 5.32 Å². The predicted molar refractivity (Wildman–Crippen MR) is 125 cm³/mol. The molecule has 2 aromatic carbocycles. The lowest BCUT2D eigenvalue weighted by atomic mass is 10.1. The minimum Gasteiger partial charge on any atom is -0.481 e.